The molecule has 0 saturated carbocycles. The van der Waals surface area contributed by atoms with Crippen LogP contribution < -0.4 is 4.72 Å². The van der Waals surface area contributed by atoms with E-state index in [1.54, 1.807) is 60.5 Å². The van der Waals surface area contributed by atoms with Gasteiger partial charge in [0.1, 0.15) is 0 Å². The molecule has 0 radical (unpaired) electrons. The van der Waals surface area contributed by atoms with Crippen molar-refractivity contribution >= 4 is 44.8 Å². The summed E-state index contributed by atoms with van der Waals surface area (Å²) >= 11 is 12.2. The Labute approximate surface area is 191 Å². The molecule has 162 valence electrons. The first kappa shape index (κ1) is 23.1. The average Bonchev–Trinajstić information content (AvgIpc) is 2.71. The number of benzene rings is 2. The summed E-state index contributed by atoms with van der Waals surface area (Å²) < 4.78 is 25.8. The highest BCUT2D eigenvalue weighted by molar-refractivity contribution is 7.92. The lowest BCUT2D eigenvalue weighted by Crippen LogP contribution is -2.30. The van der Waals surface area contributed by atoms with Crippen molar-refractivity contribution in [2.45, 2.75) is 20.0 Å². The number of nitrogens with zero attached hydrogens (tertiary/aromatic N) is 2. The number of rotatable bonds is 7. The molecule has 2 aromatic carbocycles. The number of aromatic nitrogens is 1. The van der Waals surface area contributed by atoms with Gasteiger partial charge in [0, 0.05) is 18.3 Å². The van der Waals surface area contributed by atoms with Crippen LogP contribution in [-0.4, -0.2) is 30.5 Å². The first-order valence-corrected chi connectivity index (χ1v) is 12.0. The second-order valence-electron chi connectivity index (χ2n) is 7.13. The second kappa shape index (κ2) is 9.68. The molecular formula is C22H21Cl2N3O3S. The summed E-state index contributed by atoms with van der Waals surface area (Å²) in [5, 5.41) is 0.836. The van der Waals surface area contributed by atoms with Crippen LogP contribution in [0.3, 0.4) is 0 Å². The third-order valence-electron chi connectivity index (χ3n) is 4.50. The number of nitrogens with one attached hydrogen (secondary N) is 1. The number of hydrogen-bond acceptors (Lipinski definition) is 4. The summed E-state index contributed by atoms with van der Waals surface area (Å²) in [7, 11) is -3.48. The second-order valence-corrected chi connectivity index (χ2v) is 9.70. The predicted molar refractivity (Wildman–Crippen MR) is 124 cm³/mol. The largest absolute Gasteiger partial charge is 0.328 e. The molecule has 1 N–H and O–H groups in total. The minimum Gasteiger partial charge on any atom is -0.328 e. The molecule has 1 heterocycles. The van der Waals surface area contributed by atoms with Crippen molar-refractivity contribution in [3.05, 3.63) is 93.2 Å². The van der Waals surface area contributed by atoms with Gasteiger partial charge in [0.2, 0.25) is 10.0 Å². The summed E-state index contributed by atoms with van der Waals surface area (Å²) in [5.41, 5.74) is 2.95. The summed E-state index contributed by atoms with van der Waals surface area (Å²) in [5.74, 6) is -0.270. The first-order chi connectivity index (χ1) is 14.6. The number of halogens is 2. The molecule has 3 rings (SSSR count). The van der Waals surface area contributed by atoms with Crippen LogP contribution in [-0.2, 0) is 23.1 Å². The molecule has 0 unspecified atom stereocenters. The fourth-order valence-corrected chi connectivity index (χ4v) is 3.93. The normalized spacial score (nSPS) is 11.2. The zero-order valence-electron chi connectivity index (χ0n) is 17.0. The van der Waals surface area contributed by atoms with Crippen molar-refractivity contribution < 1.29 is 13.2 Å². The zero-order valence-corrected chi connectivity index (χ0v) is 19.3. The summed E-state index contributed by atoms with van der Waals surface area (Å²) in [6, 6.07) is 15.6. The van der Waals surface area contributed by atoms with E-state index in [0.29, 0.717) is 26.9 Å². The van der Waals surface area contributed by atoms with Crippen LogP contribution in [0.5, 0.6) is 0 Å². The van der Waals surface area contributed by atoms with Crippen LogP contribution in [0.25, 0.3) is 0 Å². The molecule has 0 saturated heterocycles. The van der Waals surface area contributed by atoms with E-state index in [1.165, 1.54) is 0 Å². The zero-order chi connectivity index (χ0) is 22.6. The fourth-order valence-electron chi connectivity index (χ4n) is 2.99. The van der Waals surface area contributed by atoms with E-state index >= 15 is 0 Å². The highest BCUT2D eigenvalue weighted by Crippen LogP contribution is 2.25. The molecule has 9 heteroatoms. The lowest BCUT2D eigenvalue weighted by atomic mass is 10.1. The number of aryl methyl sites for hydroxylation is 1. The van der Waals surface area contributed by atoms with Gasteiger partial charge >= 0.3 is 0 Å². The molecule has 0 atom stereocenters. The minimum absolute atomic E-state index is 0.267. The van der Waals surface area contributed by atoms with E-state index in [9.17, 15) is 13.2 Å². The Kier molecular flexibility index (Phi) is 7.20. The van der Waals surface area contributed by atoms with Crippen LogP contribution >= 0.6 is 23.2 Å². The quantitative estimate of drug-likeness (QED) is 0.524. The Bertz CT molecular complexity index is 1200. The maximum Gasteiger partial charge on any atom is 0.254 e. The molecule has 1 amide bonds. The van der Waals surface area contributed by atoms with E-state index in [1.807, 2.05) is 12.1 Å². The van der Waals surface area contributed by atoms with Crippen molar-refractivity contribution in [3.63, 3.8) is 0 Å². The molecule has 31 heavy (non-hydrogen) atoms. The van der Waals surface area contributed by atoms with E-state index < -0.39 is 10.0 Å². The van der Waals surface area contributed by atoms with Crippen molar-refractivity contribution in [1.29, 1.82) is 0 Å². The topological polar surface area (TPSA) is 79.4 Å². The molecule has 3 aromatic rings. The number of carbonyl (C=O) groups is 1. The van der Waals surface area contributed by atoms with Gasteiger partial charge in [0.25, 0.3) is 5.91 Å². The van der Waals surface area contributed by atoms with Gasteiger partial charge in [-0.05, 0) is 54.4 Å². The average molecular weight is 478 g/mol. The molecule has 0 spiro atoms. The Balaban J connectivity index is 1.95. The van der Waals surface area contributed by atoms with Crippen molar-refractivity contribution in [2.24, 2.45) is 0 Å². The van der Waals surface area contributed by atoms with E-state index in [2.05, 4.69) is 9.71 Å². The predicted octanol–water partition coefficient (Wildman–Crippen LogP) is 4.91. The van der Waals surface area contributed by atoms with Gasteiger partial charge in [0.15, 0.2) is 0 Å². The Morgan fingerprint density at radius 3 is 2.45 bits per heavy atom. The smallest absolute Gasteiger partial charge is 0.254 e. The van der Waals surface area contributed by atoms with E-state index in [-0.39, 0.29) is 19.0 Å². The lowest BCUT2D eigenvalue weighted by molar-refractivity contribution is 0.0728. The molecule has 0 aliphatic rings. The standard InChI is InChI=1S/C22H21Cl2N3O3S/c1-15-6-8-17(12-21(15)26-31(2,29)30)22(28)27(14-18-5-3-4-10-25-18)13-16-7-9-19(23)20(24)11-16/h3-12,26H,13-14H2,1-2H3. The van der Waals surface area contributed by atoms with Gasteiger partial charge in [0.05, 0.1) is 34.2 Å². The highest BCUT2D eigenvalue weighted by Gasteiger charge is 2.19. The van der Waals surface area contributed by atoms with Crippen LogP contribution in [0, 0.1) is 6.92 Å². The van der Waals surface area contributed by atoms with Crippen molar-refractivity contribution in [2.75, 3.05) is 11.0 Å². The van der Waals surface area contributed by atoms with Crippen LogP contribution in [0.15, 0.2) is 60.8 Å². The maximum atomic E-state index is 13.4. The molecule has 0 bridgehead atoms. The van der Waals surface area contributed by atoms with Crippen molar-refractivity contribution in [3.8, 4) is 0 Å². The summed E-state index contributed by atoms with van der Waals surface area (Å²) in [4.78, 5) is 19.3. The monoisotopic (exact) mass is 477 g/mol. The van der Waals surface area contributed by atoms with E-state index in [4.69, 9.17) is 23.2 Å². The van der Waals surface area contributed by atoms with Gasteiger partial charge in [-0.25, -0.2) is 8.42 Å². The van der Waals surface area contributed by atoms with Crippen LogP contribution in [0.2, 0.25) is 10.0 Å². The van der Waals surface area contributed by atoms with Crippen LogP contribution in [0.4, 0.5) is 5.69 Å². The van der Waals surface area contributed by atoms with Crippen molar-refractivity contribution in [1.82, 2.24) is 9.88 Å². The number of hydrogen-bond donors (Lipinski definition) is 1. The third kappa shape index (κ3) is 6.43. The van der Waals surface area contributed by atoms with Gasteiger partial charge in [-0.2, -0.15) is 0 Å². The number of pyridine rings is 1. The van der Waals surface area contributed by atoms with Gasteiger partial charge in [-0.15, -0.1) is 0 Å². The first-order valence-electron chi connectivity index (χ1n) is 9.34. The number of amides is 1. The number of sulfonamides is 1. The van der Waals surface area contributed by atoms with Gasteiger partial charge in [-0.1, -0.05) is 41.4 Å². The molecule has 6 nitrogen and oxygen atoms in total. The highest BCUT2D eigenvalue weighted by atomic mass is 35.5. The maximum absolute atomic E-state index is 13.4. The molecule has 0 aliphatic heterocycles. The van der Waals surface area contributed by atoms with E-state index in [0.717, 1.165) is 17.5 Å². The Morgan fingerprint density at radius 1 is 1.03 bits per heavy atom. The third-order valence-corrected chi connectivity index (χ3v) is 5.83. The number of carbonyl (C=O) groups excluding carboxylic acids is 1. The Hall–Kier alpha value is -2.61. The molecule has 1 aromatic heterocycles. The molecule has 0 fully saturated rings. The van der Waals surface area contributed by atoms with Gasteiger partial charge in [-0.3, -0.25) is 14.5 Å². The van der Waals surface area contributed by atoms with Crippen LogP contribution in [0.1, 0.15) is 27.2 Å². The SMILES string of the molecule is Cc1ccc(C(=O)N(Cc2ccc(Cl)c(Cl)c2)Cc2ccccn2)cc1NS(C)(=O)=O. The number of anilines is 1. The Morgan fingerprint density at radius 2 is 1.81 bits per heavy atom. The lowest BCUT2D eigenvalue weighted by Gasteiger charge is -2.23. The summed E-state index contributed by atoms with van der Waals surface area (Å²) in [6.07, 6.45) is 2.73. The molecular weight excluding hydrogens is 457 g/mol. The minimum atomic E-state index is -3.48. The fraction of sp³-hybridized carbons (Fsp3) is 0.182. The molecule has 0 aliphatic carbocycles. The summed E-state index contributed by atoms with van der Waals surface area (Å²) in [6.45, 7) is 2.31. The van der Waals surface area contributed by atoms with Gasteiger partial charge < -0.3 is 4.90 Å².